The molecule has 1 atom stereocenters. The highest BCUT2D eigenvalue weighted by Gasteiger charge is 2.30. The molecule has 0 aliphatic heterocycles. The largest absolute Gasteiger partial charge is 0.395 e. The van der Waals surface area contributed by atoms with Gasteiger partial charge in [-0.3, -0.25) is 9.89 Å². The van der Waals surface area contributed by atoms with E-state index in [0.717, 1.165) is 18.5 Å². The first-order valence-electron chi connectivity index (χ1n) is 5.78. The molecule has 1 unspecified atom stereocenters. The Labute approximate surface area is 105 Å². The van der Waals surface area contributed by atoms with Crippen LogP contribution in [0.15, 0.2) is 0 Å². The zero-order chi connectivity index (χ0) is 12.4. The van der Waals surface area contributed by atoms with Crippen molar-refractivity contribution in [2.24, 2.45) is 0 Å². The van der Waals surface area contributed by atoms with E-state index < -0.39 is 0 Å². The van der Waals surface area contributed by atoms with Gasteiger partial charge >= 0.3 is 0 Å². The minimum Gasteiger partial charge on any atom is -0.395 e. The number of hydrogen-bond acceptors (Lipinski definition) is 4. The third-order valence-corrected chi connectivity index (χ3v) is 3.96. The number of hydrogen-bond donors (Lipinski definition) is 3. The summed E-state index contributed by atoms with van der Waals surface area (Å²) in [5, 5.41) is 10.1. The lowest BCUT2D eigenvalue weighted by Crippen LogP contribution is -2.30. The van der Waals surface area contributed by atoms with Gasteiger partial charge in [0, 0.05) is 17.7 Å². The Kier molecular flexibility index (Phi) is 3.61. The molecular formula is C11H18N4OS. The number of nitrogens with zero attached hydrogens (tertiary/aromatic N) is 1. The van der Waals surface area contributed by atoms with Crippen molar-refractivity contribution < 1.29 is 4.79 Å². The van der Waals surface area contributed by atoms with Crippen LogP contribution in [-0.4, -0.2) is 34.2 Å². The molecule has 2 rings (SSSR count). The van der Waals surface area contributed by atoms with Crippen molar-refractivity contribution >= 4 is 23.4 Å². The Hall–Kier alpha value is -1.17. The van der Waals surface area contributed by atoms with E-state index in [4.69, 9.17) is 5.73 Å². The van der Waals surface area contributed by atoms with Crippen LogP contribution in [0.4, 0.5) is 5.69 Å². The molecule has 0 bridgehead atoms. The van der Waals surface area contributed by atoms with Crippen LogP contribution in [0.3, 0.4) is 0 Å². The van der Waals surface area contributed by atoms with Crippen LogP contribution in [-0.2, 0) is 0 Å². The number of carbonyl (C=O) groups excluding carboxylic acids is 1. The standard InChI is InChI=1S/C11H18N4OS/c1-6(17-2)5-13-11(16)10-8(12)9(14-15-10)7-3-4-7/h6-7H,3-5,12H2,1-2H3,(H,13,16)(H,14,15). The summed E-state index contributed by atoms with van der Waals surface area (Å²) >= 11 is 1.71. The number of nitrogens with two attached hydrogens (primary N) is 1. The normalized spacial score (nSPS) is 16.8. The van der Waals surface area contributed by atoms with E-state index in [2.05, 4.69) is 22.4 Å². The van der Waals surface area contributed by atoms with E-state index in [9.17, 15) is 4.79 Å². The summed E-state index contributed by atoms with van der Waals surface area (Å²) in [7, 11) is 0. The van der Waals surface area contributed by atoms with E-state index in [0.29, 0.717) is 29.1 Å². The predicted octanol–water partition coefficient (Wildman–Crippen LogP) is 1.35. The number of nitrogen functional groups attached to an aromatic ring is 1. The minimum absolute atomic E-state index is 0.188. The van der Waals surface area contributed by atoms with E-state index in [-0.39, 0.29) is 5.91 Å². The summed E-state index contributed by atoms with van der Waals surface area (Å²) in [5.74, 6) is 0.292. The van der Waals surface area contributed by atoms with E-state index in [1.54, 1.807) is 11.8 Å². The maximum atomic E-state index is 11.9. The fourth-order valence-electron chi connectivity index (χ4n) is 1.62. The van der Waals surface area contributed by atoms with Crippen molar-refractivity contribution in [2.75, 3.05) is 18.5 Å². The minimum atomic E-state index is -0.188. The maximum absolute atomic E-state index is 11.9. The summed E-state index contributed by atoms with van der Waals surface area (Å²) < 4.78 is 0. The third-order valence-electron chi connectivity index (χ3n) is 2.99. The highest BCUT2D eigenvalue weighted by atomic mass is 32.2. The van der Waals surface area contributed by atoms with Gasteiger partial charge in [-0.1, -0.05) is 6.92 Å². The molecule has 1 saturated carbocycles. The van der Waals surface area contributed by atoms with Crippen LogP contribution in [0, 0.1) is 0 Å². The average molecular weight is 254 g/mol. The van der Waals surface area contributed by atoms with E-state index in [1.807, 2.05) is 6.26 Å². The number of anilines is 1. The molecule has 6 heteroatoms. The summed E-state index contributed by atoms with van der Waals surface area (Å²) in [5.41, 5.74) is 7.70. The number of aromatic nitrogens is 2. The Balaban J connectivity index is 1.99. The molecule has 1 fully saturated rings. The van der Waals surface area contributed by atoms with Gasteiger partial charge in [-0.2, -0.15) is 16.9 Å². The highest BCUT2D eigenvalue weighted by molar-refractivity contribution is 7.99. The molecule has 1 heterocycles. The molecule has 1 aromatic heterocycles. The molecule has 4 N–H and O–H groups in total. The number of H-pyrrole nitrogens is 1. The topological polar surface area (TPSA) is 83.8 Å². The zero-order valence-corrected chi connectivity index (χ0v) is 10.9. The molecule has 5 nitrogen and oxygen atoms in total. The fraction of sp³-hybridized carbons (Fsp3) is 0.636. The van der Waals surface area contributed by atoms with Crippen LogP contribution in [0.5, 0.6) is 0 Å². The number of carbonyl (C=O) groups is 1. The van der Waals surface area contributed by atoms with Crippen molar-refractivity contribution in [1.29, 1.82) is 0 Å². The van der Waals surface area contributed by atoms with Crippen LogP contribution in [0.1, 0.15) is 41.9 Å². The molecule has 1 aromatic rings. The molecule has 94 valence electrons. The lowest BCUT2D eigenvalue weighted by Gasteiger charge is -2.08. The maximum Gasteiger partial charge on any atom is 0.273 e. The van der Waals surface area contributed by atoms with Gasteiger partial charge in [-0.15, -0.1) is 0 Å². The molecule has 1 aliphatic carbocycles. The van der Waals surface area contributed by atoms with Crippen LogP contribution in [0.2, 0.25) is 0 Å². The number of aromatic amines is 1. The molecule has 17 heavy (non-hydrogen) atoms. The van der Waals surface area contributed by atoms with E-state index in [1.165, 1.54) is 0 Å². The Morgan fingerprint density at radius 3 is 3.00 bits per heavy atom. The fourth-order valence-corrected chi connectivity index (χ4v) is 1.87. The van der Waals surface area contributed by atoms with Gasteiger partial charge in [0.05, 0.1) is 11.4 Å². The second-order valence-corrected chi connectivity index (χ2v) is 5.71. The Morgan fingerprint density at radius 1 is 1.71 bits per heavy atom. The summed E-state index contributed by atoms with van der Waals surface area (Å²) in [6.45, 7) is 2.69. The van der Waals surface area contributed by atoms with Crippen molar-refractivity contribution in [3.63, 3.8) is 0 Å². The monoisotopic (exact) mass is 254 g/mol. The summed E-state index contributed by atoms with van der Waals surface area (Å²) in [4.78, 5) is 11.9. The highest BCUT2D eigenvalue weighted by Crippen LogP contribution is 2.42. The molecule has 0 spiro atoms. The first-order valence-corrected chi connectivity index (χ1v) is 7.07. The van der Waals surface area contributed by atoms with Gasteiger partial charge in [-0.25, -0.2) is 0 Å². The first kappa shape index (κ1) is 12.3. The number of amides is 1. The quantitative estimate of drug-likeness (QED) is 0.740. The van der Waals surface area contributed by atoms with Crippen LogP contribution in [0.25, 0.3) is 0 Å². The second-order valence-electron chi connectivity index (χ2n) is 4.43. The van der Waals surface area contributed by atoms with Gasteiger partial charge < -0.3 is 11.1 Å². The zero-order valence-electron chi connectivity index (χ0n) is 10.1. The van der Waals surface area contributed by atoms with Crippen molar-refractivity contribution in [1.82, 2.24) is 15.5 Å². The SMILES string of the molecule is CSC(C)CNC(=O)c1n[nH]c(C2CC2)c1N. The predicted molar refractivity (Wildman–Crippen MR) is 70.3 cm³/mol. The molecule has 1 aliphatic rings. The van der Waals surface area contributed by atoms with Gasteiger partial charge in [0.15, 0.2) is 5.69 Å². The average Bonchev–Trinajstić information content (AvgIpc) is 3.09. The lowest BCUT2D eigenvalue weighted by molar-refractivity contribution is 0.0950. The van der Waals surface area contributed by atoms with Gasteiger partial charge in [0.25, 0.3) is 5.91 Å². The molecule has 0 saturated heterocycles. The third kappa shape index (κ3) is 2.74. The van der Waals surface area contributed by atoms with Crippen molar-refractivity contribution in [3.05, 3.63) is 11.4 Å². The van der Waals surface area contributed by atoms with Crippen molar-refractivity contribution in [3.8, 4) is 0 Å². The Bertz CT molecular complexity index is 414. The molecule has 0 aromatic carbocycles. The molecule has 1 amide bonds. The smallest absolute Gasteiger partial charge is 0.273 e. The van der Waals surface area contributed by atoms with E-state index >= 15 is 0 Å². The summed E-state index contributed by atoms with van der Waals surface area (Å²) in [6, 6.07) is 0. The molecular weight excluding hydrogens is 236 g/mol. The van der Waals surface area contributed by atoms with Gasteiger partial charge in [0.2, 0.25) is 0 Å². The Morgan fingerprint density at radius 2 is 2.41 bits per heavy atom. The first-order chi connectivity index (χ1) is 8.13. The molecule has 0 radical (unpaired) electrons. The lowest BCUT2D eigenvalue weighted by atomic mass is 10.2. The number of thioether (sulfide) groups is 1. The number of nitrogens with one attached hydrogen (secondary N) is 2. The van der Waals surface area contributed by atoms with Crippen LogP contribution < -0.4 is 11.1 Å². The number of rotatable bonds is 5. The van der Waals surface area contributed by atoms with Crippen molar-refractivity contribution in [2.45, 2.75) is 30.9 Å². The second kappa shape index (κ2) is 5.00. The summed E-state index contributed by atoms with van der Waals surface area (Å²) in [6.07, 6.45) is 4.29. The van der Waals surface area contributed by atoms with Gasteiger partial charge in [-0.05, 0) is 19.1 Å². The van der Waals surface area contributed by atoms with Crippen LogP contribution >= 0.6 is 11.8 Å². The van der Waals surface area contributed by atoms with Gasteiger partial charge in [0.1, 0.15) is 0 Å².